The molecular weight excluding hydrogens is 403 g/mol. The molecule has 0 fully saturated rings. The summed E-state index contributed by atoms with van der Waals surface area (Å²) in [5, 5.41) is 3.23. The quantitative estimate of drug-likeness (QED) is 0.527. The molecule has 3 aromatic rings. The van der Waals surface area contributed by atoms with Crippen LogP contribution in [0.25, 0.3) is 10.2 Å². The summed E-state index contributed by atoms with van der Waals surface area (Å²) >= 11 is 3.49. The van der Waals surface area contributed by atoms with Crippen molar-refractivity contribution < 1.29 is 9.53 Å². The van der Waals surface area contributed by atoms with E-state index in [9.17, 15) is 4.79 Å². The molecule has 0 spiro atoms. The highest BCUT2D eigenvalue weighted by Gasteiger charge is 2.11. The molecule has 6 nitrogen and oxygen atoms in total. The molecule has 21 heavy (non-hydrogen) atoms. The second kappa shape index (κ2) is 5.90. The van der Waals surface area contributed by atoms with Gasteiger partial charge in [0.2, 0.25) is 11.8 Å². The van der Waals surface area contributed by atoms with E-state index in [1.165, 1.54) is 24.6 Å². The predicted molar refractivity (Wildman–Crippen MR) is 88.7 cm³/mol. The Morgan fingerprint density at radius 2 is 2.24 bits per heavy atom. The Hall–Kier alpha value is -1.81. The monoisotopic (exact) mass is 412 g/mol. The Bertz CT molecular complexity index is 821. The summed E-state index contributed by atoms with van der Waals surface area (Å²) in [6.07, 6.45) is 1.45. The highest BCUT2D eigenvalue weighted by atomic mass is 127. The SMILES string of the molecule is CC(=O)Nc1nc2c(Oc3cc(I)ncn3)cccc2s1. The van der Waals surface area contributed by atoms with Gasteiger partial charge in [0.1, 0.15) is 15.5 Å². The molecule has 1 amide bonds. The average Bonchev–Trinajstić information content (AvgIpc) is 2.81. The number of amides is 1. The fourth-order valence-corrected chi connectivity index (χ4v) is 3.02. The van der Waals surface area contributed by atoms with Crippen LogP contribution in [-0.2, 0) is 4.79 Å². The number of benzene rings is 1. The first-order valence-electron chi connectivity index (χ1n) is 5.94. The van der Waals surface area contributed by atoms with Crippen LogP contribution in [0.1, 0.15) is 6.92 Å². The van der Waals surface area contributed by atoms with Crippen LogP contribution in [0.2, 0.25) is 0 Å². The van der Waals surface area contributed by atoms with E-state index in [4.69, 9.17) is 4.74 Å². The molecule has 2 heterocycles. The topological polar surface area (TPSA) is 77.0 Å². The van der Waals surface area contributed by atoms with Crippen LogP contribution in [0.5, 0.6) is 11.6 Å². The maximum absolute atomic E-state index is 11.1. The number of thiazole rings is 1. The number of anilines is 1. The zero-order chi connectivity index (χ0) is 14.8. The maximum Gasteiger partial charge on any atom is 0.223 e. The molecule has 0 saturated carbocycles. The minimum atomic E-state index is -0.151. The van der Waals surface area contributed by atoms with Crippen LogP contribution in [-0.4, -0.2) is 20.9 Å². The molecule has 0 aliphatic rings. The molecular formula is C13H9IN4O2S. The molecule has 0 unspecified atom stereocenters. The van der Waals surface area contributed by atoms with Crippen molar-refractivity contribution in [2.75, 3.05) is 5.32 Å². The zero-order valence-electron chi connectivity index (χ0n) is 10.8. The van der Waals surface area contributed by atoms with E-state index in [0.29, 0.717) is 22.3 Å². The van der Waals surface area contributed by atoms with Crippen LogP contribution in [0.4, 0.5) is 5.13 Å². The van der Waals surface area contributed by atoms with Crippen LogP contribution in [0.3, 0.4) is 0 Å². The average molecular weight is 412 g/mol. The summed E-state index contributed by atoms with van der Waals surface area (Å²) in [5.41, 5.74) is 0.694. The molecule has 8 heteroatoms. The van der Waals surface area contributed by atoms with Crippen molar-refractivity contribution in [1.29, 1.82) is 0 Å². The Morgan fingerprint density at radius 3 is 3.00 bits per heavy atom. The van der Waals surface area contributed by atoms with Crippen LogP contribution in [0, 0.1) is 3.70 Å². The molecule has 2 aromatic heterocycles. The van der Waals surface area contributed by atoms with Gasteiger partial charge in [-0.05, 0) is 34.7 Å². The Labute approximate surface area is 137 Å². The van der Waals surface area contributed by atoms with Crippen molar-refractivity contribution >= 4 is 55.2 Å². The van der Waals surface area contributed by atoms with E-state index >= 15 is 0 Å². The van der Waals surface area contributed by atoms with E-state index in [1.807, 2.05) is 18.2 Å². The van der Waals surface area contributed by atoms with E-state index in [-0.39, 0.29) is 5.91 Å². The minimum Gasteiger partial charge on any atom is -0.437 e. The summed E-state index contributed by atoms with van der Waals surface area (Å²) < 4.78 is 7.49. The number of carbonyl (C=O) groups excluding carboxylic acids is 1. The lowest BCUT2D eigenvalue weighted by Gasteiger charge is -2.04. The first-order chi connectivity index (χ1) is 10.1. The smallest absolute Gasteiger partial charge is 0.223 e. The number of hydrogen-bond acceptors (Lipinski definition) is 6. The predicted octanol–water partition coefficient (Wildman–Crippen LogP) is 3.44. The summed E-state index contributed by atoms with van der Waals surface area (Å²) in [4.78, 5) is 23.6. The highest BCUT2D eigenvalue weighted by Crippen LogP contribution is 2.34. The van der Waals surface area contributed by atoms with Crippen molar-refractivity contribution in [2.45, 2.75) is 6.92 Å². The van der Waals surface area contributed by atoms with Crippen molar-refractivity contribution in [3.8, 4) is 11.6 Å². The number of nitrogens with one attached hydrogen (secondary N) is 1. The number of carbonyl (C=O) groups is 1. The maximum atomic E-state index is 11.1. The number of hydrogen-bond donors (Lipinski definition) is 1. The molecule has 0 radical (unpaired) electrons. The molecule has 0 atom stereocenters. The molecule has 106 valence electrons. The third-order valence-electron chi connectivity index (χ3n) is 2.49. The van der Waals surface area contributed by atoms with Gasteiger partial charge in [0, 0.05) is 13.0 Å². The minimum absolute atomic E-state index is 0.151. The molecule has 3 rings (SSSR count). The van der Waals surface area contributed by atoms with Gasteiger partial charge in [-0.2, -0.15) is 0 Å². The zero-order valence-corrected chi connectivity index (χ0v) is 13.8. The van der Waals surface area contributed by atoms with Crippen LogP contribution in [0.15, 0.2) is 30.6 Å². The summed E-state index contributed by atoms with van der Waals surface area (Å²) in [6.45, 7) is 1.45. The van der Waals surface area contributed by atoms with Gasteiger partial charge in [-0.3, -0.25) is 4.79 Å². The van der Waals surface area contributed by atoms with Gasteiger partial charge in [-0.15, -0.1) is 0 Å². The first kappa shape index (κ1) is 14.1. The van der Waals surface area contributed by atoms with E-state index in [1.54, 1.807) is 6.07 Å². The third kappa shape index (κ3) is 3.27. The lowest BCUT2D eigenvalue weighted by atomic mass is 10.3. The molecule has 0 saturated heterocycles. The van der Waals surface area contributed by atoms with Gasteiger partial charge < -0.3 is 10.1 Å². The second-order valence-electron chi connectivity index (χ2n) is 4.08. The van der Waals surface area contributed by atoms with E-state index in [0.717, 1.165) is 8.40 Å². The molecule has 0 bridgehead atoms. The number of nitrogens with zero attached hydrogens (tertiary/aromatic N) is 3. The molecule has 1 aromatic carbocycles. The van der Waals surface area contributed by atoms with Crippen molar-refractivity contribution in [3.05, 3.63) is 34.3 Å². The van der Waals surface area contributed by atoms with Crippen LogP contribution < -0.4 is 10.1 Å². The summed E-state index contributed by atoms with van der Waals surface area (Å²) in [5.74, 6) is 0.896. The van der Waals surface area contributed by atoms with Gasteiger partial charge in [0.25, 0.3) is 0 Å². The van der Waals surface area contributed by atoms with Crippen molar-refractivity contribution in [2.24, 2.45) is 0 Å². The number of halogens is 1. The molecule has 0 aliphatic heterocycles. The number of fused-ring (bicyclic) bond motifs is 1. The number of aromatic nitrogens is 3. The normalized spacial score (nSPS) is 10.6. The van der Waals surface area contributed by atoms with Gasteiger partial charge in [-0.25, -0.2) is 15.0 Å². The van der Waals surface area contributed by atoms with Gasteiger partial charge in [0.05, 0.1) is 4.70 Å². The number of para-hydroxylation sites is 1. The Morgan fingerprint density at radius 1 is 1.38 bits per heavy atom. The first-order valence-corrected chi connectivity index (χ1v) is 7.84. The second-order valence-corrected chi connectivity index (χ2v) is 6.22. The third-order valence-corrected chi connectivity index (χ3v) is 4.01. The largest absolute Gasteiger partial charge is 0.437 e. The van der Waals surface area contributed by atoms with E-state index in [2.05, 4.69) is 42.9 Å². The van der Waals surface area contributed by atoms with Gasteiger partial charge in [-0.1, -0.05) is 17.4 Å². The fraction of sp³-hybridized carbons (Fsp3) is 0.0769. The highest BCUT2D eigenvalue weighted by molar-refractivity contribution is 14.1. The molecule has 1 N–H and O–H groups in total. The lowest BCUT2D eigenvalue weighted by Crippen LogP contribution is -2.04. The van der Waals surface area contributed by atoms with Gasteiger partial charge in [0.15, 0.2) is 10.9 Å². The number of ether oxygens (including phenoxy) is 1. The fourth-order valence-electron chi connectivity index (χ4n) is 1.70. The van der Waals surface area contributed by atoms with Crippen molar-refractivity contribution in [3.63, 3.8) is 0 Å². The Kier molecular flexibility index (Phi) is 3.97. The Balaban J connectivity index is 1.98. The van der Waals surface area contributed by atoms with Crippen LogP contribution >= 0.6 is 33.9 Å². The molecule has 0 aliphatic carbocycles. The number of rotatable bonds is 3. The van der Waals surface area contributed by atoms with Crippen molar-refractivity contribution in [1.82, 2.24) is 15.0 Å². The standard InChI is InChI=1S/C13H9IN4O2S/c1-7(19)17-13-18-12-8(3-2-4-9(12)21-13)20-11-5-10(14)15-6-16-11/h2-6H,1H3,(H,17,18,19). The summed E-state index contributed by atoms with van der Waals surface area (Å²) in [6, 6.07) is 7.35. The van der Waals surface area contributed by atoms with Gasteiger partial charge >= 0.3 is 0 Å². The van der Waals surface area contributed by atoms with E-state index < -0.39 is 0 Å². The summed E-state index contributed by atoms with van der Waals surface area (Å²) in [7, 11) is 0. The lowest BCUT2D eigenvalue weighted by molar-refractivity contribution is -0.114.